The molecule has 1 atom stereocenters. The number of rotatable bonds is 5. The summed E-state index contributed by atoms with van der Waals surface area (Å²) in [6.45, 7) is 4.61. The van der Waals surface area contributed by atoms with Gasteiger partial charge in [0.25, 0.3) is 0 Å². The van der Waals surface area contributed by atoms with E-state index in [1.807, 2.05) is 0 Å². The maximum Gasteiger partial charge on any atom is 0.0249 e. The molecule has 2 aliphatic carbocycles. The van der Waals surface area contributed by atoms with Gasteiger partial charge >= 0.3 is 0 Å². The highest BCUT2D eigenvalue weighted by Crippen LogP contribution is 2.37. The van der Waals surface area contributed by atoms with E-state index in [1.165, 1.54) is 87.3 Å². The number of benzene rings is 1. The van der Waals surface area contributed by atoms with Gasteiger partial charge < -0.3 is 0 Å². The van der Waals surface area contributed by atoms with E-state index in [0.717, 1.165) is 17.8 Å². The summed E-state index contributed by atoms with van der Waals surface area (Å²) < 4.78 is 0. The maximum atomic E-state index is 3.42. The van der Waals surface area contributed by atoms with E-state index in [1.54, 1.807) is 0 Å². The minimum Gasteiger partial charge on any atom is -0.0726 e. The van der Waals surface area contributed by atoms with Crippen molar-refractivity contribution < 1.29 is 0 Å². The Morgan fingerprint density at radius 3 is 2.27 bits per heavy atom. The Bertz CT molecular complexity index is 629. The normalized spacial score (nSPS) is 25.9. The largest absolute Gasteiger partial charge is 0.0726 e. The minimum atomic E-state index is 0.780. The highest BCUT2D eigenvalue weighted by atomic mass is 14.3. The Morgan fingerprint density at radius 1 is 0.885 bits per heavy atom. The molecule has 0 bridgehead atoms. The molecule has 0 nitrogen and oxygen atoms in total. The zero-order chi connectivity index (χ0) is 18.2. The molecule has 0 radical (unpaired) electrons. The standard InChI is InChI=1S/C26H36/c1-3-5-6-22-13-17-25(18-14-22)26-19-15-24(16-20-26)12-11-23-9-7-21(4-2)8-10-23/h9,15-16,19-22,25H,3-8,10,13-14,17-18H2,1-2H3. The summed E-state index contributed by atoms with van der Waals surface area (Å²) in [6.07, 6.45) is 17.2. The van der Waals surface area contributed by atoms with Crippen LogP contribution >= 0.6 is 0 Å². The van der Waals surface area contributed by atoms with Crippen LogP contribution in [-0.2, 0) is 0 Å². The Kier molecular flexibility index (Phi) is 7.43. The van der Waals surface area contributed by atoms with E-state index >= 15 is 0 Å². The average Bonchev–Trinajstić information content (AvgIpc) is 2.72. The molecule has 0 amide bonds. The van der Waals surface area contributed by atoms with Crippen molar-refractivity contribution in [1.29, 1.82) is 0 Å². The van der Waals surface area contributed by atoms with Crippen LogP contribution < -0.4 is 0 Å². The van der Waals surface area contributed by atoms with Gasteiger partial charge in [-0.1, -0.05) is 69.6 Å². The Morgan fingerprint density at radius 2 is 1.65 bits per heavy atom. The second-order valence-corrected chi connectivity index (χ2v) is 8.51. The van der Waals surface area contributed by atoms with E-state index in [0.29, 0.717) is 0 Å². The van der Waals surface area contributed by atoms with Crippen molar-refractivity contribution in [2.45, 2.75) is 90.4 Å². The van der Waals surface area contributed by atoms with E-state index in [9.17, 15) is 0 Å². The van der Waals surface area contributed by atoms with Crippen LogP contribution in [0.3, 0.4) is 0 Å². The van der Waals surface area contributed by atoms with Gasteiger partial charge in [0.1, 0.15) is 0 Å². The summed E-state index contributed by atoms with van der Waals surface area (Å²) in [4.78, 5) is 0. The third-order valence-corrected chi connectivity index (χ3v) is 6.66. The van der Waals surface area contributed by atoms with E-state index < -0.39 is 0 Å². The lowest BCUT2D eigenvalue weighted by Crippen LogP contribution is -2.13. The molecular formula is C26H36. The molecule has 0 heterocycles. The molecule has 26 heavy (non-hydrogen) atoms. The second kappa shape index (κ2) is 10.0. The summed E-state index contributed by atoms with van der Waals surface area (Å²) in [5.41, 5.74) is 4.06. The van der Waals surface area contributed by atoms with Gasteiger partial charge in [0, 0.05) is 5.56 Å². The van der Waals surface area contributed by atoms with Crippen LogP contribution in [0.15, 0.2) is 35.9 Å². The molecular weight excluding hydrogens is 312 g/mol. The third kappa shape index (κ3) is 5.51. The smallest absolute Gasteiger partial charge is 0.0249 e. The summed E-state index contributed by atoms with van der Waals surface area (Å²) in [5, 5.41) is 0. The summed E-state index contributed by atoms with van der Waals surface area (Å²) >= 11 is 0. The Balaban J connectivity index is 1.52. The van der Waals surface area contributed by atoms with Crippen molar-refractivity contribution in [2.75, 3.05) is 0 Å². The molecule has 140 valence electrons. The van der Waals surface area contributed by atoms with Gasteiger partial charge in [0.2, 0.25) is 0 Å². The minimum absolute atomic E-state index is 0.780. The van der Waals surface area contributed by atoms with Crippen LogP contribution in [-0.4, -0.2) is 0 Å². The average molecular weight is 349 g/mol. The molecule has 1 saturated carbocycles. The SMILES string of the molecule is CCCCC1CCC(c2ccc(C#CC3=CCC(CC)CC3)cc2)CC1. The van der Waals surface area contributed by atoms with Crippen LogP contribution in [0.4, 0.5) is 0 Å². The van der Waals surface area contributed by atoms with E-state index in [-0.39, 0.29) is 0 Å². The van der Waals surface area contributed by atoms with Gasteiger partial charge in [-0.25, -0.2) is 0 Å². The van der Waals surface area contributed by atoms with Gasteiger partial charge in [-0.2, -0.15) is 0 Å². The van der Waals surface area contributed by atoms with Crippen molar-refractivity contribution in [3.63, 3.8) is 0 Å². The molecule has 1 unspecified atom stereocenters. The number of hydrogen-bond acceptors (Lipinski definition) is 0. The Labute approximate surface area is 161 Å². The van der Waals surface area contributed by atoms with Crippen molar-refractivity contribution in [3.05, 3.63) is 47.0 Å². The topological polar surface area (TPSA) is 0 Å². The van der Waals surface area contributed by atoms with E-state index in [4.69, 9.17) is 0 Å². The quantitative estimate of drug-likeness (QED) is 0.480. The molecule has 0 aliphatic heterocycles. The fourth-order valence-corrected chi connectivity index (χ4v) is 4.64. The predicted molar refractivity (Wildman–Crippen MR) is 113 cm³/mol. The molecule has 1 fully saturated rings. The van der Waals surface area contributed by atoms with Crippen LogP contribution in [0.1, 0.15) is 102 Å². The van der Waals surface area contributed by atoms with Crippen LogP contribution in [0.25, 0.3) is 0 Å². The highest BCUT2D eigenvalue weighted by molar-refractivity contribution is 5.42. The van der Waals surface area contributed by atoms with E-state index in [2.05, 4.69) is 56.0 Å². The number of allylic oxidation sites excluding steroid dienone is 2. The first-order chi connectivity index (χ1) is 12.8. The maximum absolute atomic E-state index is 3.42. The zero-order valence-electron chi connectivity index (χ0n) is 16.9. The van der Waals surface area contributed by atoms with Crippen LogP contribution in [0.5, 0.6) is 0 Å². The lowest BCUT2D eigenvalue weighted by Gasteiger charge is -2.28. The monoisotopic (exact) mass is 348 g/mol. The van der Waals surface area contributed by atoms with Crippen molar-refractivity contribution >= 4 is 0 Å². The molecule has 3 rings (SSSR count). The van der Waals surface area contributed by atoms with Crippen molar-refractivity contribution in [3.8, 4) is 11.8 Å². The van der Waals surface area contributed by atoms with Crippen molar-refractivity contribution in [2.24, 2.45) is 11.8 Å². The summed E-state index contributed by atoms with van der Waals surface area (Å²) in [6, 6.07) is 9.15. The predicted octanol–water partition coefficient (Wildman–Crippen LogP) is 7.64. The van der Waals surface area contributed by atoms with Crippen molar-refractivity contribution in [1.82, 2.24) is 0 Å². The van der Waals surface area contributed by atoms with Crippen LogP contribution in [0, 0.1) is 23.7 Å². The molecule has 0 aromatic heterocycles. The highest BCUT2D eigenvalue weighted by Gasteiger charge is 2.21. The summed E-state index contributed by atoms with van der Waals surface area (Å²) in [7, 11) is 0. The number of unbranched alkanes of at least 4 members (excludes halogenated alkanes) is 1. The Hall–Kier alpha value is -1.48. The van der Waals surface area contributed by atoms with Gasteiger partial charge in [-0.3, -0.25) is 0 Å². The first-order valence-corrected chi connectivity index (χ1v) is 11.1. The number of hydrogen-bond donors (Lipinski definition) is 0. The lowest BCUT2D eigenvalue weighted by atomic mass is 9.77. The van der Waals surface area contributed by atoms with Gasteiger partial charge in [0.05, 0.1) is 0 Å². The second-order valence-electron chi connectivity index (χ2n) is 8.51. The van der Waals surface area contributed by atoms with Gasteiger partial charge in [-0.05, 0) is 86.0 Å². The molecule has 1 aromatic carbocycles. The van der Waals surface area contributed by atoms with Crippen LogP contribution in [0.2, 0.25) is 0 Å². The molecule has 0 spiro atoms. The lowest BCUT2D eigenvalue weighted by molar-refractivity contribution is 0.304. The zero-order valence-corrected chi connectivity index (χ0v) is 16.9. The van der Waals surface area contributed by atoms with Gasteiger partial charge in [-0.15, -0.1) is 0 Å². The molecule has 2 aliphatic rings. The fraction of sp³-hybridized carbons (Fsp3) is 0.615. The molecule has 0 heteroatoms. The first-order valence-electron chi connectivity index (χ1n) is 11.1. The third-order valence-electron chi connectivity index (χ3n) is 6.66. The summed E-state index contributed by atoms with van der Waals surface area (Å²) in [5.74, 6) is 9.47. The first kappa shape index (κ1) is 19.3. The molecule has 0 N–H and O–H groups in total. The fourth-order valence-electron chi connectivity index (χ4n) is 4.64. The van der Waals surface area contributed by atoms with Gasteiger partial charge in [0.15, 0.2) is 0 Å². The molecule has 0 saturated heterocycles. The molecule has 1 aromatic rings.